The Morgan fingerprint density at radius 1 is 1.45 bits per heavy atom. The topological polar surface area (TPSA) is 21.3 Å². The van der Waals surface area contributed by atoms with Crippen molar-refractivity contribution in [2.75, 3.05) is 6.54 Å². The van der Waals surface area contributed by atoms with Gasteiger partial charge in [0.2, 0.25) is 0 Å². The molecule has 0 aromatic heterocycles. The lowest BCUT2D eigenvalue weighted by Crippen LogP contribution is -2.27. The van der Waals surface area contributed by atoms with Crippen molar-refractivity contribution in [2.45, 2.75) is 13.3 Å². The fourth-order valence-electron chi connectivity index (χ4n) is 1.40. The van der Waals surface area contributed by atoms with Crippen molar-refractivity contribution in [2.24, 2.45) is 0 Å². The van der Waals surface area contributed by atoms with Crippen molar-refractivity contribution in [3.8, 4) is 5.75 Å². The second-order valence-electron chi connectivity index (χ2n) is 2.80. The van der Waals surface area contributed by atoms with Crippen molar-refractivity contribution in [3.63, 3.8) is 0 Å². The minimum atomic E-state index is 0.915. The number of hydroxylamine groups is 1. The first-order valence-electron chi connectivity index (χ1n) is 3.86. The first-order chi connectivity index (χ1) is 5.38. The zero-order chi connectivity index (χ0) is 7.68. The predicted octanol–water partition coefficient (Wildman–Crippen LogP) is 1.43. The number of hydrogen-bond donors (Lipinski definition) is 1. The molecular formula is C9H11NO. The summed E-state index contributed by atoms with van der Waals surface area (Å²) in [5.74, 6) is 0.983. The summed E-state index contributed by atoms with van der Waals surface area (Å²) in [6.07, 6.45) is 1.07. The molecule has 0 amide bonds. The van der Waals surface area contributed by atoms with E-state index in [4.69, 9.17) is 4.84 Å². The average molecular weight is 149 g/mol. The largest absolute Gasteiger partial charge is 0.408 e. The van der Waals surface area contributed by atoms with Crippen LogP contribution in [0.2, 0.25) is 0 Å². The minimum Gasteiger partial charge on any atom is -0.408 e. The SMILES string of the molecule is Cc1cccc2c1CCNO2. The Bertz CT molecular complexity index is 270. The van der Waals surface area contributed by atoms with Gasteiger partial charge in [-0.2, -0.15) is 5.48 Å². The van der Waals surface area contributed by atoms with Gasteiger partial charge in [0.1, 0.15) is 0 Å². The first-order valence-corrected chi connectivity index (χ1v) is 3.86. The Morgan fingerprint density at radius 2 is 2.36 bits per heavy atom. The van der Waals surface area contributed by atoms with Crippen LogP contribution in [0.4, 0.5) is 0 Å². The van der Waals surface area contributed by atoms with Crippen molar-refractivity contribution in [3.05, 3.63) is 29.3 Å². The zero-order valence-corrected chi connectivity index (χ0v) is 6.55. The molecule has 2 nitrogen and oxygen atoms in total. The molecule has 0 saturated carbocycles. The predicted molar refractivity (Wildman–Crippen MR) is 43.5 cm³/mol. The molecule has 0 saturated heterocycles. The van der Waals surface area contributed by atoms with E-state index in [2.05, 4.69) is 18.5 Å². The summed E-state index contributed by atoms with van der Waals surface area (Å²) in [6, 6.07) is 6.13. The molecule has 58 valence electrons. The van der Waals surface area contributed by atoms with E-state index < -0.39 is 0 Å². The molecule has 1 aromatic carbocycles. The number of rotatable bonds is 0. The highest BCUT2D eigenvalue weighted by Gasteiger charge is 2.10. The number of aryl methyl sites for hydroxylation is 1. The van der Waals surface area contributed by atoms with Gasteiger partial charge in [-0.05, 0) is 25.0 Å². The number of nitrogens with one attached hydrogen (secondary N) is 1. The Balaban J connectivity index is 2.49. The summed E-state index contributed by atoms with van der Waals surface area (Å²) < 4.78 is 0. The van der Waals surface area contributed by atoms with E-state index in [1.807, 2.05) is 12.1 Å². The van der Waals surface area contributed by atoms with Crippen LogP contribution in [-0.4, -0.2) is 6.54 Å². The Morgan fingerprint density at radius 3 is 3.18 bits per heavy atom. The number of fused-ring (bicyclic) bond motifs is 1. The van der Waals surface area contributed by atoms with Crippen molar-refractivity contribution in [1.29, 1.82) is 0 Å². The maximum atomic E-state index is 5.25. The lowest BCUT2D eigenvalue weighted by atomic mass is 10.0. The molecular weight excluding hydrogens is 138 g/mol. The average Bonchev–Trinajstić information content (AvgIpc) is 2.06. The summed E-state index contributed by atoms with van der Waals surface area (Å²) in [5.41, 5.74) is 5.53. The van der Waals surface area contributed by atoms with Crippen molar-refractivity contribution >= 4 is 0 Å². The van der Waals surface area contributed by atoms with E-state index in [9.17, 15) is 0 Å². The third-order valence-electron chi connectivity index (χ3n) is 2.03. The van der Waals surface area contributed by atoms with Crippen LogP contribution in [0.1, 0.15) is 11.1 Å². The van der Waals surface area contributed by atoms with Crippen LogP contribution >= 0.6 is 0 Å². The van der Waals surface area contributed by atoms with Crippen LogP contribution in [-0.2, 0) is 6.42 Å². The Hall–Kier alpha value is -1.02. The fraction of sp³-hybridized carbons (Fsp3) is 0.333. The lowest BCUT2D eigenvalue weighted by Gasteiger charge is -2.18. The summed E-state index contributed by atoms with van der Waals surface area (Å²) in [7, 11) is 0. The van der Waals surface area contributed by atoms with E-state index in [1.165, 1.54) is 11.1 Å². The van der Waals surface area contributed by atoms with Gasteiger partial charge >= 0.3 is 0 Å². The third kappa shape index (κ3) is 1.10. The normalized spacial score (nSPS) is 15.4. The number of benzene rings is 1. The summed E-state index contributed by atoms with van der Waals surface area (Å²) in [4.78, 5) is 5.25. The van der Waals surface area contributed by atoms with Gasteiger partial charge in [-0.25, -0.2) is 0 Å². The highest BCUT2D eigenvalue weighted by Crippen LogP contribution is 2.23. The fourth-order valence-corrected chi connectivity index (χ4v) is 1.40. The third-order valence-corrected chi connectivity index (χ3v) is 2.03. The van der Waals surface area contributed by atoms with Crippen molar-refractivity contribution < 1.29 is 4.84 Å². The van der Waals surface area contributed by atoms with Crippen LogP contribution in [0.5, 0.6) is 5.75 Å². The molecule has 1 heterocycles. The first kappa shape index (κ1) is 6.68. The number of hydrogen-bond acceptors (Lipinski definition) is 2. The molecule has 11 heavy (non-hydrogen) atoms. The standard InChI is InChI=1S/C9H11NO/c1-7-3-2-4-9-8(7)5-6-10-11-9/h2-4,10H,5-6H2,1H3. The zero-order valence-electron chi connectivity index (χ0n) is 6.55. The van der Waals surface area contributed by atoms with E-state index >= 15 is 0 Å². The van der Waals surface area contributed by atoms with Gasteiger partial charge in [0, 0.05) is 12.1 Å². The summed E-state index contributed by atoms with van der Waals surface area (Å²) in [6.45, 7) is 3.03. The molecule has 0 aliphatic carbocycles. The van der Waals surface area contributed by atoms with Gasteiger partial charge in [-0.1, -0.05) is 12.1 Å². The smallest absolute Gasteiger partial charge is 0.150 e. The van der Waals surface area contributed by atoms with Gasteiger partial charge in [0.25, 0.3) is 0 Å². The molecule has 0 fully saturated rings. The highest BCUT2D eigenvalue weighted by atomic mass is 16.6. The van der Waals surface area contributed by atoms with Crippen LogP contribution in [0, 0.1) is 6.92 Å². The van der Waals surface area contributed by atoms with Gasteiger partial charge in [-0.3, -0.25) is 0 Å². The van der Waals surface area contributed by atoms with E-state index in [0.717, 1.165) is 18.7 Å². The Kier molecular flexibility index (Phi) is 1.55. The molecule has 2 rings (SSSR count). The van der Waals surface area contributed by atoms with Gasteiger partial charge in [-0.15, -0.1) is 0 Å². The highest BCUT2D eigenvalue weighted by molar-refractivity contribution is 5.40. The van der Waals surface area contributed by atoms with Crippen LogP contribution in [0.15, 0.2) is 18.2 Å². The molecule has 1 aromatic rings. The van der Waals surface area contributed by atoms with Gasteiger partial charge < -0.3 is 4.84 Å². The lowest BCUT2D eigenvalue weighted by molar-refractivity contribution is 0.179. The summed E-state index contributed by atoms with van der Waals surface area (Å²) >= 11 is 0. The Labute approximate surface area is 66.1 Å². The maximum absolute atomic E-state index is 5.25. The van der Waals surface area contributed by atoms with Crippen LogP contribution < -0.4 is 10.3 Å². The molecule has 1 N–H and O–H groups in total. The van der Waals surface area contributed by atoms with Gasteiger partial charge in [0.15, 0.2) is 5.75 Å². The second kappa shape index (κ2) is 2.55. The summed E-state index contributed by atoms with van der Waals surface area (Å²) in [5, 5.41) is 0. The van der Waals surface area contributed by atoms with Crippen molar-refractivity contribution in [1.82, 2.24) is 5.48 Å². The monoisotopic (exact) mass is 149 g/mol. The molecule has 0 unspecified atom stereocenters. The quantitative estimate of drug-likeness (QED) is 0.602. The van der Waals surface area contributed by atoms with Crippen LogP contribution in [0.3, 0.4) is 0 Å². The second-order valence-corrected chi connectivity index (χ2v) is 2.80. The minimum absolute atomic E-state index is 0.915. The van der Waals surface area contributed by atoms with Crippen LogP contribution in [0.25, 0.3) is 0 Å². The molecule has 0 radical (unpaired) electrons. The van der Waals surface area contributed by atoms with Gasteiger partial charge in [0.05, 0.1) is 0 Å². The molecule has 0 spiro atoms. The van der Waals surface area contributed by atoms with E-state index in [1.54, 1.807) is 0 Å². The molecule has 0 atom stereocenters. The maximum Gasteiger partial charge on any atom is 0.150 e. The molecule has 1 aliphatic heterocycles. The van der Waals surface area contributed by atoms with E-state index in [-0.39, 0.29) is 0 Å². The van der Waals surface area contributed by atoms with E-state index in [0.29, 0.717) is 0 Å². The molecule has 1 aliphatic rings. The molecule has 0 bridgehead atoms. The molecule has 2 heteroatoms.